The molecule has 14 nitrogen and oxygen atoms in total. The summed E-state index contributed by atoms with van der Waals surface area (Å²) in [5, 5.41) is 39.7. The predicted octanol–water partition coefficient (Wildman–Crippen LogP) is 4.00. The highest BCUT2D eigenvalue weighted by Crippen LogP contribution is 2.51. The molecule has 302 valence electrons. The molecule has 0 spiro atoms. The van der Waals surface area contributed by atoms with Crippen LogP contribution in [0.25, 0.3) is 11.1 Å². The Hall–Kier alpha value is -5.08. The molecule has 0 bridgehead atoms. The molecule has 5 N–H and O–H groups in total. The molecule has 0 radical (unpaired) electrons. The maximum atomic E-state index is 14.6. The lowest BCUT2D eigenvalue weighted by atomic mass is 9.76. The number of carbonyl (C=O) groups excluding carboxylic acids is 5. The Balaban J connectivity index is 1.73. The Labute approximate surface area is 328 Å². The van der Waals surface area contributed by atoms with Crippen LogP contribution in [0.1, 0.15) is 113 Å². The summed E-state index contributed by atoms with van der Waals surface area (Å²) < 4.78 is 2.25. The van der Waals surface area contributed by atoms with E-state index in [1.165, 1.54) is 13.8 Å². The van der Waals surface area contributed by atoms with Crippen molar-refractivity contribution in [2.75, 3.05) is 28.6 Å². The largest absolute Gasteiger partial charge is 0.506 e. The van der Waals surface area contributed by atoms with Crippen molar-refractivity contribution in [3.8, 4) is 0 Å². The summed E-state index contributed by atoms with van der Waals surface area (Å²) in [7, 11) is 0. The number of allylic oxidation sites excluding steroid dienone is 2. The van der Waals surface area contributed by atoms with E-state index in [1.54, 1.807) is 0 Å². The number of carbonyl (C=O) groups is 5. The fourth-order valence-corrected chi connectivity index (χ4v) is 8.33. The first-order valence-electron chi connectivity index (χ1n) is 19.3. The van der Waals surface area contributed by atoms with Gasteiger partial charge in [-0.05, 0) is 79.2 Å². The fourth-order valence-electron chi connectivity index (χ4n) is 8.33. The molecule has 1 aliphatic carbocycles. The minimum Gasteiger partial charge on any atom is -0.506 e. The number of nitrogens with one attached hydrogen (secondary N) is 2. The number of rotatable bonds is 11. The Bertz CT molecular complexity index is 2190. The average Bonchev–Trinajstić information content (AvgIpc) is 3.42. The molecule has 5 rings (SSSR count). The van der Waals surface area contributed by atoms with Gasteiger partial charge in [0.05, 0.1) is 41.0 Å². The van der Waals surface area contributed by atoms with Crippen LogP contribution in [0, 0.1) is 0 Å². The molecular weight excluding hydrogens is 716 g/mol. The number of hydrogen-bond donors (Lipinski definition) is 5. The highest BCUT2D eigenvalue weighted by atomic mass is 16.5. The number of Topliss-reactive ketones (excluding diaryl/α,β-unsaturated/α-hetero) is 1. The Morgan fingerprint density at radius 2 is 1.34 bits per heavy atom. The lowest BCUT2D eigenvalue weighted by molar-refractivity contribution is -0.163. The van der Waals surface area contributed by atoms with Crippen LogP contribution in [0.5, 0.6) is 0 Å². The van der Waals surface area contributed by atoms with Gasteiger partial charge in [-0.3, -0.25) is 34.4 Å². The van der Waals surface area contributed by atoms with E-state index in [0.29, 0.717) is 20.9 Å². The summed E-state index contributed by atoms with van der Waals surface area (Å²) >= 11 is 0. The third-order valence-electron chi connectivity index (χ3n) is 12.1. The van der Waals surface area contributed by atoms with Crippen LogP contribution in [0.2, 0.25) is 0 Å². The molecule has 2 aromatic carbocycles. The van der Waals surface area contributed by atoms with Crippen LogP contribution in [0.4, 0.5) is 17.1 Å². The number of benzene rings is 2. The Morgan fingerprint density at radius 1 is 0.804 bits per heavy atom. The van der Waals surface area contributed by atoms with Crippen LogP contribution < -0.4 is 30.7 Å². The van der Waals surface area contributed by atoms with Gasteiger partial charge in [-0.1, -0.05) is 13.8 Å². The first-order valence-corrected chi connectivity index (χ1v) is 19.3. The van der Waals surface area contributed by atoms with Gasteiger partial charge in [0.1, 0.15) is 11.8 Å². The normalized spacial score (nSPS) is 20.2. The van der Waals surface area contributed by atoms with E-state index in [2.05, 4.69) is 89.3 Å². The molecule has 2 heterocycles. The van der Waals surface area contributed by atoms with Gasteiger partial charge in [-0.15, -0.1) is 0 Å². The van der Waals surface area contributed by atoms with Crippen molar-refractivity contribution in [1.82, 2.24) is 14.7 Å². The topological polar surface area (TPSA) is 183 Å². The minimum atomic E-state index is -0.610. The van der Waals surface area contributed by atoms with E-state index in [0.717, 1.165) is 22.2 Å². The summed E-state index contributed by atoms with van der Waals surface area (Å²) in [4.78, 5) is 66.6. The smallest absolute Gasteiger partial charge is 0.242 e. The van der Waals surface area contributed by atoms with Crippen molar-refractivity contribution in [3.63, 3.8) is 0 Å². The van der Waals surface area contributed by atoms with Gasteiger partial charge in [0.25, 0.3) is 0 Å². The molecule has 2 unspecified atom stereocenters. The summed E-state index contributed by atoms with van der Waals surface area (Å²) in [6.45, 7) is 22.9. The molecule has 56 heavy (non-hydrogen) atoms. The van der Waals surface area contributed by atoms with E-state index in [9.17, 15) is 39.5 Å². The third-order valence-corrected chi connectivity index (χ3v) is 12.1. The number of nitrogens with zero attached hydrogens (tertiary/aromatic N) is 4. The molecule has 2 aromatic rings. The van der Waals surface area contributed by atoms with Gasteiger partial charge in [0.2, 0.25) is 34.8 Å². The van der Waals surface area contributed by atoms with Crippen molar-refractivity contribution in [2.45, 2.75) is 131 Å². The van der Waals surface area contributed by atoms with E-state index in [1.807, 2.05) is 24.3 Å². The van der Waals surface area contributed by atoms with Crippen LogP contribution in [0.3, 0.4) is 0 Å². The van der Waals surface area contributed by atoms with Crippen LogP contribution in [-0.4, -0.2) is 92.3 Å². The first-order chi connectivity index (χ1) is 25.9. The second-order valence-electron chi connectivity index (χ2n) is 16.9. The molecule has 0 aromatic heterocycles. The standard InChI is InChI=1S/C42H56N6O8/c1-21(2)47-23(5)41(9,10)29-17-27(31(19-33(29)47)43-35(51)13-15-45(55)25(7)49)37-39(53)38(40(37)54)28-18-30-34(48(22(3)4)24(6)42(30,11)12)20-32(28)44-36(52)14-16-46(56)26(8)50/h17-24,55-56H,13-16H2,1-12H3,(H2,43,44,51,52,53,54)/p+1. The number of hydrogen-bond acceptors (Lipinski definition) is 9. The molecule has 0 saturated carbocycles. The summed E-state index contributed by atoms with van der Waals surface area (Å²) in [5.74, 6) is -3.03. The Kier molecular flexibility index (Phi) is 11.4. The van der Waals surface area contributed by atoms with Gasteiger partial charge in [0, 0.05) is 72.3 Å². The Morgan fingerprint density at radius 3 is 1.82 bits per heavy atom. The number of amides is 4. The molecule has 2 aliphatic heterocycles. The number of aliphatic hydroxyl groups is 1. The lowest BCUT2D eigenvalue weighted by Crippen LogP contribution is -2.42. The zero-order valence-corrected chi connectivity index (χ0v) is 34.6. The highest BCUT2D eigenvalue weighted by molar-refractivity contribution is 6.52. The lowest BCUT2D eigenvalue weighted by Gasteiger charge is -2.34. The fraction of sp³-hybridized carbons (Fsp3) is 0.524. The molecule has 14 heteroatoms. The zero-order chi connectivity index (χ0) is 41.9. The molecule has 3 aliphatic rings. The van der Waals surface area contributed by atoms with Gasteiger partial charge in [-0.2, -0.15) is 0 Å². The summed E-state index contributed by atoms with van der Waals surface area (Å²) in [5.41, 5.74) is 2.90. The maximum Gasteiger partial charge on any atom is 0.242 e. The molecular formula is C42H57N6O8+. The predicted molar refractivity (Wildman–Crippen MR) is 214 cm³/mol. The summed E-state index contributed by atoms with van der Waals surface area (Å²) in [6.07, 6.45) is -0.446. The number of anilines is 3. The van der Waals surface area contributed by atoms with Crippen molar-refractivity contribution in [3.05, 3.63) is 57.3 Å². The first kappa shape index (κ1) is 42.1. The second kappa shape index (κ2) is 15.1. The third kappa shape index (κ3) is 7.20. The molecule has 0 fully saturated rings. The van der Waals surface area contributed by atoms with E-state index in [-0.39, 0.29) is 89.2 Å². The zero-order valence-electron chi connectivity index (χ0n) is 34.6. The van der Waals surface area contributed by atoms with E-state index >= 15 is 0 Å². The van der Waals surface area contributed by atoms with Crippen LogP contribution in [0.15, 0.2) is 30.0 Å². The van der Waals surface area contributed by atoms with Gasteiger partial charge < -0.3 is 20.6 Å². The molecule has 4 amide bonds. The van der Waals surface area contributed by atoms with Crippen molar-refractivity contribution in [2.24, 2.45) is 0 Å². The second-order valence-corrected chi connectivity index (χ2v) is 16.9. The van der Waals surface area contributed by atoms with E-state index < -0.39 is 29.4 Å². The number of fused-ring (bicyclic) bond motifs is 2. The van der Waals surface area contributed by atoms with Gasteiger partial charge in [-0.25, -0.2) is 14.7 Å². The van der Waals surface area contributed by atoms with E-state index in [4.69, 9.17) is 0 Å². The SMILES string of the molecule is CC(=O)N(O)CCC(=O)Nc1cc2c(cc1C1=C(O)/C(=c3/cc4c(cc3NC(=O)CCN(O)C(C)=O)=[N+](C(C)C)C(C)C4(C)C)C1=O)C(C)(C)C(C)N2C(C)C. The van der Waals surface area contributed by atoms with Crippen molar-refractivity contribution >= 4 is 57.6 Å². The van der Waals surface area contributed by atoms with Crippen molar-refractivity contribution < 1.29 is 39.5 Å². The monoisotopic (exact) mass is 773 g/mol. The number of aliphatic hydroxyl groups excluding tert-OH is 1. The van der Waals surface area contributed by atoms with Crippen LogP contribution in [-0.2, 0) is 34.8 Å². The average molecular weight is 774 g/mol. The van der Waals surface area contributed by atoms with Crippen molar-refractivity contribution in [1.29, 1.82) is 0 Å². The quantitative estimate of drug-likeness (QED) is 0.128. The number of ketones is 1. The molecule has 0 saturated heterocycles. The minimum absolute atomic E-state index is 0.00339. The number of hydroxylamine groups is 4. The maximum absolute atomic E-state index is 14.6. The van der Waals surface area contributed by atoms with Gasteiger partial charge in [0.15, 0.2) is 6.04 Å². The highest BCUT2D eigenvalue weighted by Gasteiger charge is 2.48. The molecule has 2 atom stereocenters. The summed E-state index contributed by atoms with van der Waals surface area (Å²) in [6, 6.07) is 7.65. The van der Waals surface area contributed by atoms with Gasteiger partial charge >= 0.3 is 0 Å². The van der Waals surface area contributed by atoms with Crippen LogP contribution >= 0.6 is 0 Å².